The number of piperidine rings is 1. The molecule has 1 aromatic heterocycles. The molecule has 1 amide bonds. The van der Waals surface area contributed by atoms with Crippen LogP contribution in [0.4, 0.5) is 0 Å². The second-order valence-electron chi connectivity index (χ2n) is 4.75. The number of nitrogens with zero attached hydrogens (tertiary/aromatic N) is 3. The van der Waals surface area contributed by atoms with Gasteiger partial charge in [-0.05, 0) is 19.8 Å². The monoisotopic (exact) mass is 267 g/mol. The van der Waals surface area contributed by atoms with Gasteiger partial charge in [0.1, 0.15) is 0 Å². The van der Waals surface area contributed by atoms with Crippen molar-refractivity contribution in [3.8, 4) is 0 Å². The van der Waals surface area contributed by atoms with E-state index in [1.807, 2.05) is 0 Å². The number of hydrogen-bond acceptors (Lipinski definition) is 5. The fraction of sp³-hybridized carbons (Fsp3) is 0.667. The van der Waals surface area contributed by atoms with Crippen molar-refractivity contribution in [2.24, 2.45) is 5.92 Å². The maximum absolute atomic E-state index is 12.0. The summed E-state index contributed by atoms with van der Waals surface area (Å²) in [6.07, 6.45) is 2.05. The van der Waals surface area contributed by atoms with E-state index in [0.29, 0.717) is 37.6 Å². The van der Waals surface area contributed by atoms with Gasteiger partial charge in [-0.25, -0.2) is 0 Å². The van der Waals surface area contributed by atoms with E-state index in [4.69, 9.17) is 9.63 Å². The van der Waals surface area contributed by atoms with Crippen LogP contribution in [0.25, 0.3) is 0 Å². The molecule has 1 N–H and O–H groups in total. The van der Waals surface area contributed by atoms with E-state index >= 15 is 0 Å². The van der Waals surface area contributed by atoms with Crippen molar-refractivity contribution < 1.29 is 19.2 Å². The number of likely N-dealkylation sites (tertiary alicyclic amines) is 1. The molecule has 1 saturated heterocycles. The van der Waals surface area contributed by atoms with Crippen LogP contribution in [0.1, 0.15) is 31.0 Å². The number of aromatic nitrogens is 2. The molecule has 0 radical (unpaired) electrons. The van der Waals surface area contributed by atoms with E-state index in [-0.39, 0.29) is 12.3 Å². The standard InChI is InChI=1S/C12H17N3O4/c1-8-13-10(19-14-8)4-5-11(16)15-6-2-3-9(7-15)12(17)18/h9H,2-7H2,1H3,(H,17,18)/t9-/m1/s1. The summed E-state index contributed by atoms with van der Waals surface area (Å²) in [6, 6.07) is 0. The predicted octanol–water partition coefficient (Wildman–Crippen LogP) is 0.634. The van der Waals surface area contributed by atoms with E-state index < -0.39 is 11.9 Å². The number of aryl methyl sites for hydroxylation is 2. The minimum atomic E-state index is -0.829. The van der Waals surface area contributed by atoms with Crippen LogP contribution in [0.3, 0.4) is 0 Å². The van der Waals surface area contributed by atoms with Crippen LogP contribution < -0.4 is 0 Å². The van der Waals surface area contributed by atoms with Crippen molar-refractivity contribution in [1.82, 2.24) is 15.0 Å². The first kappa shape index (κ1) is 13.5. The van der Waals surface area contributed by atoms with E-state index in [2.05, 4.69) is 10.1 Å². The van der Waals surface area contributed by atoms with Crippen molar-refractivity contribution >= 4 is 11.9 Å². The highest BCUT2D eigenvalue weighted by Crippen LogP contribution is 2.17. The second-order valence-corrected chi connectivity index (χ2v) is 4.75. The Morgan fingerprint density at radius 2 is 2.32 bits per heavy atom. The average Bonchev–Trinajstić information content (AvgIpc) is 2.82. The summed E-state index contributed by atoms with van der Waals surface area (Å²) >= 11 is 0. The van der Waals surface area contributed by atoms with Gasteiger partial charge in [-0.2, -0.15) is 4.98 Å². The quantitative estimate of drug-likeness (QED) is 0.859. The Morgan fingerprint density at radius 1 is 1.53 bits per heavy atom. The molecule has 19 heavy (non-hydrogen) atoms. The molecule has 0 aromatic carbocycles. The first-order chi connectivity index (χ1) is 9.06. The number of hydrogen-bond donors (Lipinski definition) is 1. The third-order valence-electron chi connectivity index (χ3n) is 3.25. The van der Waals surface area contributed by atoms with Crippen molar-refractivity contribution in [2.45, 2.75) is 32.6 Å². The Bertz CT molecular complexity index is 471. The van der Waals surface area contributed by atoms with Gasteiger partial charge in [0.2, 0.25) is 11.8 Å². The van der Waals surface area contributed by atoms with Crippen LogP contribution in [0.2, 0.25) is 0 Å². The molecule has 7 heteroatoms. The van der Waals surface area contributed by atoms with Gasteiger partial charge in [0.05, 0.1) is 5.92 Å². The van der Waals surface area contributed by atoms with Crippen molar-refractivity contribution in [3.63, 3.8) is 0 Å². The van der Waals surface area contributed by atoms with Crippen molar-refractivity contribution in [1.29, 1.82) is 0 Å². The lowest BCUT2D eigenvalue weighted by Crippen LogP contribution is -2.42. The Labute approximate surface area is 110 Å². The first-order valence-corrected chi connectivity index (χ1v) is 6.36. The highest BCUT2D eigenvalue weighted by atomic mass is 16.5. The summed E-state index contributed by atoms with van der Waals surface area (Å²) in [7, 11) is 0. The van der Waals surface area contributed by atoms with Crippen LogP contribution in [-0.4, -0.2) is 45.1 Å². The largest absolute Gasteiger partial charge is 0.481 e. The molecule has 2 rings (SSSR count). The number of carboxylic acid groups (broad SMARTS) is 1. The zero-order chi connectivity index (χ0) is 13.8. The minimum Gasteiger partial charge on any atom is -0.481 e. The van der Waals surface area contributed by atoms with Crippen molar-refractivity contribution in [2.75, 3.05) is 13.1 Å². The number of carboxylic acids is 1. The van der Waals surface area contributed by atoms with Gasteiger partial charge in [-0.1, -0.05) is 5.16 Å². The fourth-order valence-corrected chi connectivity index (χ4v) is 2.22. The van der Waals surface area contributed by atoms with Crippen LogP contribution in [-0.2, 0) is 16.0 Å². The zero-order valence-corrected chi connectivity index (χ0v) is 10.8. The van der Waals surface area contributed by atoms with Crippen LogP contribution in [0, 0.1) is 12.8 Å². The maximum atomic E-state index is 12.0. The molecule has 0 bridgehead atoms. The van der Waals surface area contributed by atoms with Gasteiger partial charge in [-0.3, -0.25) is 9.59 Å². The Kier molecular flexibility index (Phi) is 4.13. The summed E-state index contributed by atoms with van der Waals surface area (Å²) < 4.78 is 4.94. The summed E-state index contributed by atoms with van der Waals surface area (Å²) in [5.41, 5.74) is 0. The summed E-state index contributed by atoms with van der Waals surface area (Å²) in [6.45, 7) is 2.65. The first-order valence-electron chi connectivity index (χ1n) is 6.36. The van der Waals surface area contributed by atoms with Gasteiger partial charge in [-0.15, -0.1) is 0 Å². The lowest BCUT2D eigenvalue weighted by atomic mass is 9.98. The number of rotatable bonds is 4. The van der Waals surface area contributed by atoms with E-state index in [1.165, 1.54) is 0 Å². The van der Waals surface area contributed by atoms with Gasteiger partial charge in [0, 0.05) is 25.9 Å². The molecule has 7 nitrogen and oxygen atoms in total. The molecule has 1 aliphatic rings. The highest BCUT2D eigenvalue weighted by Gasteiger charge is 2.27. The highest BCUT2D eigenvalue weighted by molar-refractivity contribution is 5.78. The number of carbonyl (C=O) groups is 2. The number of amides is 1. The Morgan fingerprint density at radius 3 is 2.95 bits per heavy atom. The van der Waals surface area contributed by atoms with Gasteiger partial charge < -0.3 is 14.5 Å². The lowest BCUT2D eigenvalue weighted by Gasteiger charge is -2.30. The topological polar surface area (TPSA) is 96.5 Å². The molecule has 104 valence electrons. The van der Waals surface area contributed by atoms with E-state index in [9.17, 15) is 9.59 Å². The van der Waals surface area contributed by atoms with Gasteiger partial charge in [0.25, 0.3) is 0 Å². The normalized spacial score (nSPS) is 19.4. The molecular weight excluding hydrogens is 250 g/mol. The smallest absolute Gasteiger partial charge is 0.308 e. The number of aliphatic carboxylic acids is 1. The zero-order valence-electron chi connectivity index (χ0n) is 10.8. The molecule has 0 spiro atoms. The molecule has 1 aromatic rings. The molecule has 1 fully saturated rings. The molecule has 0 saturated carbocycles. The molecule has 0 unspecified atom stereocenters. The predicted molar refractivity (Wildman–Crippen MR) is 64.3 cm³/mol. The summed E-state index contributed by atoms with van der Waals surface area (Å²) in [5.74, 6) is -0.334. The SMILES string of the molecule is Cc1noc(CCC(=O)N2CCC[C@@H](C(=O)O)C2)n1. The third-order valence-corrected chi connectivity index (χ3v) is 3.25. The Hall–Kier alpha value is -1.92. The van der Waals surface area contributed by atoms with Crippen LogP contribution in [0.5, 0.6) is 0 Å². The molecule has 1 aliphatic heterocycles. The van der Waals surface area contributed by atoms with E-state index in [1.54, 1.807) is 11.8 Å². The minimum absolute atomic E-state index is 0.0539. The molecule has 1 atom stereocenters. The summed E-state index contributed by atoms with van der Waals surface area (Å²) in [4.78, 5) is 28.6. The van der Waals surface area contributed by atoms with Crippen LogP contribution in [0.15, 0.2) is 4.52 Å². The fourth-order valence-electron chi connectivity index (χ4n) is 2.22. The lowest BCUT2D eigenvalue weighted by molar-refractivity contribution is -0.145. The average molecular weight is 267 g/mol. The van der Waals surface area contributed by atoms with Gasteiger partial charge >= 0.3 is 5.97 Å². The molecule has 0 aliphatic carbocycles. The van der Waals surface area contributed by atoms with Crippen LogP contribution >= 0.6 is 0 Å². The third kappa shape index (κ3) is 3.52. The molecular formula is C12H17N3O4. The Balaban J connectivity index is 1.84. The maximum Gasteiger partial charge on any atom is 0.308 e. The second kappa shape index (κ2) is 5.81. The van der Waals surface area contributed by atoms with Crippen molar-refractivity contribution in [3.05, 3.63) is 11.7 Å². The van der Waals surface area contributed by atoms with E-state index in [0.717, 1.165) is 6.42 Å². The van der Waals surface area contributed by atoms with Gasteiger partial charge in [0.15, 0.2) is 5.82 Å². The molecule has 2 heterocycles. The number of carbonyl (C=O) groups excluding carboxylic acids is 1. The summed E-state index contributed by atoms with van der Waals surface area (Å²) in [5, 5.41) is 12.6.